The summed E-state index contributed by atoms with van der Waals surface area (Å²) in [7, 11) is 0. The number of nitrogens with zero attached hydrogens (tertiary/aromatic N) is 1. The fourth-order valence-electron chi connectivity index (χ4n) is 2.66. The molecule has 0 spiro atoms. The standard InChI is InChI=1S/C19H18N2/c1-2-4-16-10-17(6-5-15(16)3-1)18-9-14(11-20-13-18)12-21-19-7-8-19/h1-6,9-11,13,19,21H,7-8,12H2. The molecule has 1 heterocycles. The monoisotopic (exact) mass is 274 g/mol. The summed E-state index contributed by atoms with van der Waals surface area (Å²) in [6.07, 6.45) is 6.54. The first-order valence-electron chi connectivity index (χ1n) is 7.55. The molecule has 0 saturated heterocycles. The lowest BCUT2D eigenvalue weighted by atomic mass is 10.0. The molecule has 104 valence electrons. The highest BCUT2D eigenvalue weighted by Crippen LogP contribution is 2.25. The smallest absolute Gasteiger partial charge is 0.0346 e. The van der Waals surface area contributed by atoms with Crippen molar-refractivity contribution in [3.05, 3.63) is 66.5 Å². The Balaban J connectivity index is 1.65. The molecule has 0 radical (unpaired) electrons. The minimum atomic E-state index is 0.731. The molecular formula is C19H18N2. The molecule has 0 atom stereocenters. The predicted molar refractivity (Wildman–Crippen MR) is 87.0 cm³/mol. The second kappa shape index (κ2) is 5.30. The van der Waals surface area contributed by atoms with Crippen LogP contribution in [-0.4, -0.2) is 11.0 Å². The van der Waals surface area contributed by atoms with Gasteiger partial charge < -0.3 is 5.32 Å². The van der Waals surface area contributed by atoms with Gasteiger partial charge >= 0.3 is 0 Å². The molecule has 1 saturated carbocycles. The molecule has 4 rings (SSSR count). The van der Waals surface area contributed by atoms with E-state index in [1.807, 2.05) is 12.4 Å². The zero-order valence-electron chi connectivity index (χ0n) is 11.9. The van der Waals surface area contributed by atoms with E-state index in [1.165, 1.54) is 40.3 Å². The summed E-state index contributed by atoms with van der Waals surface area (Å²) in [5, 5.41) is 6.09. The van der Waals surface area contributed by atoms with Crippen molar-refractivity contribution in [1.82, 2.24) is 10.3 Å². The van der Waals surface area contributed by atoms with E-state index < -0.39 is 0 Å². The number of pyridine rings is 1. The number of benzene rings is 2. The lowest BCUT2D eigenvalue weighted by Crippen LogP contribution is -2.15. The summed E-state index contributed by atoms with van der Waals surface area (Å²) in [5.41, 5.74) is 3.68. The third-order valence-electron chi connectivity index (χ3n) is 4.05. The molecule has 1 aromatic heterocycles. The van der Waals surface area contributed by atoms with E-state index in [-0.39, 0.29) is 0 Å². The number of fused-ring (bicyclic) bond motifs is 1. The van der Waals surface area contributed by atoms with Crippen LogP contribution >= 0.6 is 0 Å². The van der Waals surface area contributed by atoms with Crippen molar-refractivity contribution in [2.75, 3.05) is 0 Å². The van der Waals surface area contributed by atoms with E-state index in [0.29, 0.717) is 0 Å². The molecule has 0 aliphatic heterocycles. The predicted octanol–water partition coefficient (Wildman–Crippen LogP) is 4.15. The van der Waals surface area contributed by atoms with Crippen LogP contribution in [0.4, 0.5) is 0 Å². The van der Waals surface area contributed by atoms with Crippen molar-refractivity contribution < 1.29 is 0 Å². The van der Waals surface area contributed by atoms with Crippen LogP contribution in [-0.2, 0) is 6.54 Å². The fourth-order valence-corrected chi connectivity index (χ4v) is 2.66. The molecule has 0 amide bonds. The average Bonchev–Trinajstić information content (AvgIpc) is 3.37. The number of hydrogen-bond donors (Lipinski definition) is 1. The zero-order chi connectivity index (χ0) is 14.1. The van der Waals surface area contributed by atoms with Gasteiger partial charge in [0.2, 0.25) is 0 Å². The highest BCUT2D eigenvalue weighted by molar-refractivity contribution is 5.87. The van der Waals surface area contributed by atoms with E-state index in [1.54, 1.807) is 0 Å². The molecule has 1 fully saturated rings. The SMILES string of the molecule is c1ccc2cc(-c3cncc(CNC4CC4)c3)ccc2c1. The van der Waals surface area contributed by atoms with Gasteiger partial charge in [0.1, 0.15) is 0 Å². The number of hydrogen-bond acceptors (Lipinski definition) is 2. The molecule has 2 nitrogen and oxygen atoms in total. The second-order valence-electron chi connectivity index (χ2n) is 5.80. The number of aromatic nitrogens is 1. The molecular weight excluding hydrogens is 256 g/mol. The Morgan fingerprint density at radius 1 is 0.905 bits per heavy atom. The van der Waals surface area contributed by atoms with Crippen LogP contribution in [0.2, 0.25) is 0 Å². The van der Waals surface area contributed by atoms with Gasteiger partial charge in [-0.15, -0.1) is 0 Å². The van der Waals surface area contributed by atoms with Crippen LogP contribution in [0.25, 0.3) is 21.9 Å². The molecule has 1 N–H and O–H groups in total. The van der Waals surface area contributed by atoms with Gasteiger partial charge in [-0.05, 0) is 46.9 Å². The van der Waals surface area contributed by atoms with Crippen molar-refractivity contribution >= 4 is 10.8 Å². The molecule has 1 aliphatic carbocycles. The number of nitrogens with one attached hydrogen (secondary N) is 1. The Kier molecular flexibility index (Phi) is 3.17. The maximum atomic E-state index is 4.40. The van der Waals surface area contributed by atoms with Gasteiger partial charge in [-0.25, -0.2) is 0 Å². The summed E-state index contributed by atoms with van der Waals surface area (Å²) in [6.45, 7) is 0.916. The van der Waals surface area contributed by atoms with Crippen LogP contribution in [0.15, 0.2) is 60.9 Å². The van der Waals surface area contributed by atoms with Gasteiger partial charge in [0, 0.05) is 30.5 Å². The lowest BCUT2D eigenvalue weighted by Gasteiger charge is -2.07. The Bertz CT molecular complexity index is 775. The van der Waals surface area contributed by atoms with Crippen LogP contribution < -0.4 is 5.32 Å². The highest BCUT2D eigenvalue weighted by atomic mass is 14.9. The minimum absolute atomic E-state index is 0.731. The molecule has 2 aromatic carbocycles. The molecule has 1 aliphatic rings. The topological polar surface area (TPSA) is 24.9 Å². The average molecular weight is 274 g/mol. The maximum Gasteiger partial charge on any atom is 0.0346 e. The summed E-state index contributed by atoms with van der Waals surface area (Å²) < 4.78 is 0. The Labute approximate surface area is 124 Å². The van der Waals surface area contributed by atoms with Gasteiger partial charge in [-0.1, -0.05) is 36.4 Å². The Morgan fingerprint density at radius 2 is 1.76 bits per heavy atom. The van der Waals surface area contributed by atoms with Crippen molar-refractivity contribution in [3.63, 3.8) is 0 Å². The van der Waals surface area contributed by atoms with E-state index in [2.05, 4.69) is 58.8 Å². The fraction of sp³-hybridized carbons (Fsp3) is 0.211. The first-order valence-corrected chi connectivity index (χ1v) is 7.55. The Hall–Kier alpha value is -2.19. The summed E-state index contributed by atoms with van der Waals surface area (Å²) in [6, 6.07) is 18.0. The van der Waals surface area contributed by atoms with Crippen LogP contribution in [0.3, 0.4) is 0 Å². The lowest BCUT2D eigenvalue weighted by molar-refractivity contribution is 0.686. The van der Waals surface area contributed by atoms with Gasteiger partial charge in [-0.2, -0.15) is 0 Å². The van der Waals surface area contributed by atoms with Gasteiger partial charge in [-0.3, -0.25) is 4.98 Å². The largest absolute Gasteiger partial charge is 0.310 e. The maximum absolute atomic E-state index is 4.40. The van der Waals surface area contributed by atoms with E-state index in [9.17, 15) is 0 Å². The molecule has 2 heteroatoms. The third-order valence-corrected chi connectivity index (χ3v) is 4.05. The van der Waals surface area contributed by atoms with Crippen molar-refractivity contribution in [1.29, 1.82) is 0 Å². The van der Waals surface area contributed by atoms with Crippen molar-refractivity contribution in [3.8, 4) is 11.1 Å². The third kappa shape index (κ3) is 2.81. The molecule has 0 bridgehead atoms. The normalized spacial score (nSPS) is 14.5. The first-order chi connectivity index (χ1) is 10.4. The summed E-state index contributed by atoms with van der Waals surface area (Å²) >= 11 is 0. The molecule has 21 heavy (non-hydrogen) atoms. The zero-order valence-corrected chi connectivity index (χ0v) is 11.9. The number of rotatable bonds is 4. The Morgan fingerprint density at radius 3 is 2.62 bits per heavy atom. The quantitative estimate of drug-likeness (QED) is 0.773. The highest BCUT2D eigenvalue weighted by Gasteiger charge is 2.19. The molecule has 0 unspecified atom stereocenters. The van der Waals surface area contributed by atoms with Crippen LogP contribution in [0, 0.1) is 0 Å². The van der Waals surface area contributed by atoms with Crippen molar-refractivity contribution in [2.45, 2.75) is 25.4 Å². The van der Waals surface area contributed by atoms with Crippen molar-refractivity contribution in [2.24, 2.45) is 0 Å². The van der Waals surface area contributed by atoms with E-state index >= 15 is 0 Å². The second-order valence-corrected chi connectivity index (χ2v) is 5.80. The van der Waals surface area contributed by atoms with E-state index in [4.69, 9.17) is 0 Å². The summed E-state index contributed by atoms with van der Waals surface area (Å²) in [4.78, 5) is 4.40. The van der Waals surface area contributed by atoms with Crippen LogP contribution in [0.1, 0.15) is 18.4 Å². The van der Waals surface area contributed by atoms with Gasteiger partial charge in [0.15, 0.2) is 0 Å². The van der Waals surface area contributed by atoms with E-state index in [0.717, 1.165) is 12.6 Å². The molecule has 3 aromatic rings. The summed E-state index contributed by atoms with van der Waals surface area (Å²) in [5.74, 6) is 0. The van der Waals surface area contributed by atoms with Gasteiger partial charge in [0.25, 0.3) is 0 Å². The van der Waals surface area contributed by atoms with Crippen LogP contribution in [0.5, 0.6) is 0 Å². The minimum Gasteiger partial charge on any atom is -0.310 e. The first kappa shape index (κ1) is 12.5. The van der Waals surface area contributed by atoms with Gasteiger partial charge in [0.05, 0.1) is 0 Å².